The van der Waals surface area contributed by atoms with Crippen molar-refractivity contribution >= 4 is 17.4 Å². The first kappa shape index (κ1) is 18.5. The Morgan fingerprint density at radius 3 is 2.41 bits per heavy atom. The molecule has 7 nitrogen and oxygen atoms in total. The van der Waals surface area contributed by atoms with Gasteiger partial charge in [0.05, 0.1) is 11.9 Å². The summed E-state index contributed by atoms with van der Waals surface area (Å²) in [4.78, 5) is 28.6. The molecule has 1 aromatic rings. The summed E-state index contributed by atoms with van der Waals surface area (Å²) in [7, 11) is 2.17. The van der Waals surface area contributed by atoms with Gasteiger partial charge < -0.3 is 20.0 Å². The molecule has 3 heterocycles. The third kappa shape index (κ3) is 4.34. The predicted octanol–water partition coefficient (Wildman–Crippen LogP) is 1.50. The number of carbonyl (C=O) groups is 1. The van der Waals surface area contributed by atoms with Gasteiger partial charge in [-0.05, 0) is 32.7 Å². The molecule has 1 N–H and O–H groups in total. The molecule has 148 valence electrons. The van der Waals surface area contributed by atoms with Crippen molar-refractivity contribution in [3.8, 4) is 0 Å². The minimum absolute atomic E-state index is 0.151. The van der Waals surface area contributed by atoms with Crippen LogP contribution in [0.2, 0.25) is 0 Å². The zero-order chi connectivity index (χ0) is 18.6. The number of aromatic nitrogens is 2. The Morgan fingerprint density at radius 1 is 1.00 bits per heavy atom. The van der Waals surface area contributed by atoms with E-state index >= 15 is 0 Å². The van der Waals surface area contributed by atoms with Crippen molar-refractivity contribution < 1.29 is 4.79 Å². The van der Waals surface area contributed by atoms with Crippen molar-refractivity contribution in [3.05, 3.63) is 12.5 Å². The lowest BCUT2D eigenvalue weighted by Gasteiger charge is -2.38. The van der Waals surface area contributed by atoms with Gasteiger partial charge in [0.15, 0.2) is 5.82 Å². The molecular weight excluding hydrogens is 340 g/mol. The molecule has 0 bridgehead atoms. The SMILES string of the molecule is CN1CCN(c2ncncc2N2CCC(C(=O)NC3CCCC3)CC2)CC1. The van der Waals surface area contributed by atoms with Crippen LogP contribution in [0.4, 0.5) is 11.5 Å². The Bertz CT molecular complexity index is 631. The average Bonchev–Trinajstić information content (AvgIpc) is 3.22. The zero-order valence-electron chi connectivity index (χ0n) is 16.4. The second-order valence-corrected chi connectivity index (χ2v) is 8.27. The summed E-state index contributed by atoms with van der Waals surface area (Å²) in [6, 6.07) is 0.418. The number of piperazine rings is 1. The van der Waals surface area contributed by atoms with Gasteiger partial charge in [-0.1, -0.05) is 12.8 Å². The number of carbonyl (C=O) groups excluding carboxylic acids is 1. The largest absolute Gasteiger partial charge is 0.367 e. The number of likely N-dealkylation sites (N-methyl/N-ethyl adjacent to an activating group) is 1. The third-order valence-corrected chi connectivity index (χ3v) is 6.38. The van der Waals surface area contributed by atoms with Crippen molar-refractivity contribution in [2.24, 2.45) is 5.92 Å². The molecule has 0 unspecified atom stereocenters. The molecule has 27 heavy (non-hydrogen) atoms. The van der Waals surface area contributed by atoms with Gasteiger partial charge in [-0.15, -0.1) is 0 Å². The van der Waals surface area contributed by atoms with Crippen LogP contribution in [-0.4, -0.2) is 73.1 Å². The van der Waals surface area contributed by atoms with Crippen LogP contribution in [-0.2, 0) is 4.79 Å². The molecule has 3 aliphatic rings. The van der Waals surface area contributed by atoms with E-state index < -0.39 is 0 Å². The van der Waals surface area contributed by atoms with E-state index in [-0.39, 0.29) is 11.8 Å². The van der Waals surface area contributed by atoms with Crippen LogP contribution in [0.5, 0.6) is 0 Å². The first-order valence-corrected chi connectivity index (χ1v) is 10.5. The second-order valence-electron chi connectivity index (χ2n) is 8.27. The quantitative estimate of drug-likeness (QED) is 0.864. The van der Waals surface area contributed by atoms with Crippen molar-refractivity contribution in [2.75, 3.05) is 56.1 Å². The summed E-state index contributed by atoms with van der Waals surface area (Å²) in [5.41, 5.74) is 1.12. The maximum atomic E-state index is 12.6. The van der Waals surface area contributed by atoms with Crippen molar-refractivity contribution in [1.29, 1.82) is 0 Å². The predicted molar refractivity (Wildman–Crippen MR) is 107 cm³/mol. The van der Waals surface area contributed by atoms with Crippen LogP contribution in [0.1, 0.15) is 38.5 Å². The summed E-state index contributed by atoms with van der Waals surface area (Å²) >= 11 is 0. The number of hydrogen-bond acceptors (Lipinski definition) is 6. The van der Waals surface area contributed by atoms with Gasteiger partial charge in [-0.3, -0.25) is 4.79 Å². The van der Waals surface area contributed by atoms with E-state index in [1.165, 1.54) is 12.8 Å². The molecule has 7 heteroatoms. The first-order chi connectivity index (χ1) is 13.2. The molecule has 0 aromatic carbocycles. The van der Waals surface area contributed by atoms with Crippen LogP contribution in [0, 0.1) is 5.92 Å². The monoisotopic (exact) mass is 372 g/mol. The number of piperidine rings is 1. The standard InChI is InChI=1S/C20H32N6O/c1-24-10-12-26(13-11-24)19-18(14-21-15-22-19)25-8-6-16(7-9-25)20(27)23-17-4-2-3-5-17/h14-17H,2-13H2,1H3,(H,23,27). The number of anilines is 2. The molecule has 4 rings (SSSR count). The molecule has 2 saturated heterocycles. The molecule has 1 amide bonds. The van der Waals surface area contributed by atoms with Gasteiger partial charge in [-0.2, -0.15) is 0 Å². The highest BCUT2D eigenvalue weighted by Gasteiger charge is 2.29. The smallest absolute Gasteiger partial charge is 0.223 e. The van der Waals surface area contributed by atoms with Gasteiger partial charge in [0.2, 0.25) is 5.91 Å². The fourth-order valence-electron chi connectivity index (χ4n) is 4.57. The topological polar surface area (TPSA) is 64.6 Å². The maximum absolute atomic E-state index is 12.6. The molecule has 3 fully saturated rings. The Balaban J connectivity index is 1.36. The average molecular weight is 373 g/mol. The fraction of sp³-hybridized carbons (Fsp3) is 0.750. The van der Waals surface area contributed by atoms with Gasteiger partial charge in [0, 0.05) is 51.2 Å². The van der Waals surface area contributed by atoms with E-state index in [4.69, 9.17) is 0 Å². The minimum Gasteiger partial charge on any atom is -0.367 e. The van der Waals surface area contributed by atoms with E-state index in [1.807, 2.05) is 6.20 Å². The molecule has 1 aromatic heterocycles. The van der Waals surface area contributed by atoms with E-state index in [9.17, 15) is 4.79 Å². The second kappa shape index (κ2) is 8.42. The summed E-state index contributed by atoms with van der Waals surface area (Å²) in [5, 5.41) is 3.28. The summed E-state index contributed by atoms with van der Waals surface area (Å²) in [5.74, 6) is 1.47. The van der Waals surface area contributed by atoms with Gasteiger partial charge in [0.25, 0.3) is 0 Å². The van der Waals surface area contributed by atoms with E-state index in [0.29, 0.717) is 6.04 Å². The highest BCUT2D eigenvalue weighted by atomic mass is 16.1. The lowest BCUT2D eigenvalue weighted by Crippen LogP contribution is -2.46. The first-order valence-electron chi connectivity index (χ1n) is 10.5. The molecule has 2 aliphatic heterocycles. The Labute approximate surface area is 162 Å². The van der Waals surface area contributed by atoms with Crippen LogP contribution in [0.3, 0.4) is 0 Å². The zero-order valence-corrected chi connectivity index (χ0v) is 16.4. The van der Waals surface area contributed by atoms with Crippen molar-refractivity contribution in [2.45, 2.75) is 44.6 Å². The van der Waals surface area contributed by atoms with Gasteiger partial charge >= 0.3 is 0 Å². The Kier molecular flexibility index (Phi) is 5.76. The molecule has 0 atom stereocenters. The highest BCUT2D eigenvalue weighted by Crippen LogP contribution is 2.30. The number of hydrogen-bond donors (Lipinski definition) is 1. The molecule has 0 spiro atoms. The Morgan fingerprint density at radius 2 is 1.70 bits per heavy atom. The lowest BCUT2D eigenvalue weighted by atomic mass is 9.95. The minimum atomic E-state index is 0.151. The molecule has 1 saturated carbocycles. The number of rotatable bonds is 4. The van der Waals surface area contributed by atoms with Crippen LogP contribution < -0.4 is 15.1 Å². The summed E-state index contributed by atoms with van der Waals surface area (Å²) in [6.45, 7) is 5.93. The number of nitrogens with one attached hydrogen (secondary N) is 1. The maximum Gasteiger partial charge on any atom is 0.223 e. The van der Waals surface area contributed by atoms with E-state index in [2.05, 4.69) is 37.0 Å². The van der Waals surface area contributed by atoms with Crippen LogP contribution in [0.25, 0.3) is 0 Å². The van der Waals surface area contributed by atoms with E-state index in [1.54, 1.807) is 6.33 Å². The summed E-state index contributed by atoms with van der Waals surface area (Å²) < 4.78 is 0. The number of nitrogens with zero attached hydrogens (tertiary/aromatic N) is 5. The Hall–Kier alpha value is -1.89. The number of amides is 1. The van der Waals surface area contributed by atoms with Crippen molar-refractivity contribution in [3.63, 3.8) is 0 Å². The fourth-order valence-corrected chi connectivity index (χ4v) is 4.57. The van der Waals surface area contributed by atoms with Gasteiger partial charge in [0.1, 0.15) is 6.33 Å². The lowest BCUT2D eigenvalue weighted by molar-refractivity contribution is -0.126. The normalized spacial score (nSPS) is 23.0. The van der Waals surface area contributed by atoms with E-state index in [0.717, 1.165) is 76.5 Å². The highest BCUT2D eigenvalue weighted by molar-refractivity contribution is 5.79. The molecular formula is C20H32N6O. The van der Waals surface area contributed by atoms with Crippen LogP contribution >= 0.6 is 0 Å². The van der Waals surface area contributed by atoms with Crippen molar-refractivity contribution in [1.82, 2.24) is 20.2 Å². The third-order valence-electron chi connectivity index (χ3n) is 6.38. The van der Waals surface area contributed by atoms with Crippen LogP contribution in [0.15, 0.2) is 12.5 Å². The van der Waals surface area contributed by atoms with Gasteiger partial charge in [-0.25, -0.2) is 9.97 Å². The molecule has 0 radical (unpaired) electrons. The molecule has 1 aliphatic carbocycles. The summed E-state index contributed by atoms with van der Waals surface area (Å²) in [6.07, 6.45) is 10.2.